The van der Waals surface area contributed by atoms with Crippen molar-refractivity contribution in [2.45, 2.75) is 0 Å². The van der Waals surface area contributed by atoms with E-state index in [1.807, 2.05) is 32.4 Å². The van der Waals surface area contributed by atoms with E-state index >= 15 is 0 Å². The van der Waals surface area contributed by atoms with Gasteiger partial charge in [0.05, 0.1) is 39.9 Å². The number of hydrogen-bond donors (Lipinski definition) is 0. The van der Waals surface area contributed by atoms with E-state index in [2.05, 4.69) is 154 Å². The van der Waals surface area contributed by atoms with Crippen LogP contribution < -0.4 is 15.9 Å². The molecule has 0 unspecified atom stereocenters. The van der Waals surface area contributed by atoms with Crippen LogP contribution in [-0.2, 0) is 22.4 Å². The Hall–Kier alpha value is -2.03. The largest absolute Gasteiger partial charge is 1.00 e. The third kappa shape index (κ3) is 7.79. The van der Waals surface area contributed by atoms with Crippen LogP contribution >= 0.6 is 55.7 Å². The average Bonchev–Trinajstić information content (AvgIpc) is 3.69. The van der Waals surface area contributed by atoms with Crippen molar-refractivity contribution < 1.29 is 22.4 Å². The van der Waals surface area contributed by atoms with Gasteiger partial charge < -0.3 is 13.8 Å². The summed E-state index contributed by atoms with van der Waals surface area (Å²) in [5.74, 6) is 0. The molecular weight excluding hydrogens is 798 g/mol. The Morgan fingerprint density at radius 1 is 0.487 bits per heavy atom. The standard InChI is InChI=1S/C18H15P.C9H7BBr3N6.Ag/c1-4-10-16(11-5-1)19(17-12-6-2-7-13-17)18-14-8-3-9-15-18;11-7-1-14-17(4-7)10(18-5-8(12)2-15-18)19-6-9(13)3-16-19;/h1-15H;1-6,10H;/q;-1;+1/p+1. The molecule has 0 amide bonds. The number of halogens is 3. The van der Waals surface area contributed by atoms with Gasteiger partial charge in [-0.15, -0.1) is 0 Å². The SMILES string of the molecule is Brc1cnn([BH-](n2cc(Br)cn2)n2cc(Br)cn2)c1.[Ag+].c1ccc([PH+](c2ccccc2)c2ccccc2)cc1. The molecule has 3 aromatic heterocycles. The fourth-order valence-corrected chi connectivity index (χ4v) is 7.80. The zero-order valence-corrected chi connectivity index (χ0v) is 27.7. The summed E-state index contributed by atoms with van der Waals surface area (Å²) in [7, 11) is -2.15. The summed E-state index contributed by atoms with van der Waals surface area (Å²) in [6.45, 7) is 0. The molecule has 0 atom stereocenters. The van der Waals surface area contributed by atoms with Crippen molar-refractivity contribution in [3.63, 3.8) is 0 Å². The fraction of sp³-hybridized carbons (Fsp3) is 0. The van der Waals surface area contributed by atoms with Crippen LogP contribution in [0, 0.1) is 0 Å². The van der Waals surface area contributed by atoms with Crippen LogP contribution in [0.3, 0.4) is 0 Å². The van der Waals surface area contributed by atoms with E-state index in [4.69, 9.17) is 0 Å². The number of aromatic nitrogens is 6. The van der Waals surface area contributed by atoms with Gasteiger partial charge in [-0.05, 0) is 103 Å². The first-order valence-corrected chi connectivity index (χ1v) is 15.8. The van der Waals surface area contributed by atoms with Crippen LogP contribution in [0.4, 0.5) is 0 Å². The summed E-state index contributed by atoms with van der Waals surface area (Å²) in [5, 5.41) is 17.3. The van der Waals surface area contributed by atoms with Gasteiger partial charge in [0.25, 0.3) is 0 Å². The molecular formula is C27H23AgBBr3N6P+. The van der Waals surface area contributed by atoms with Crippen LogP contribution in [0.2, 0.25) is 0 Å². The summed E-state index contributed by atoms with van der Waals surface area (Å²) in [4.78, 5) is 0. The Labute approximate surface area is 269 Å². The Morgan fingerprint density at radius 2 is 0.769 bits per heavy atom. The normalized spacial score (nSPS) is 10.7. The number of rotatable bonds is 6. The minimum absolute atomic E-state index is 0. The minimum Gasteiger partial charge on any atom is -0.402 e. The Kier molecular flexibility index (Phi) is 11.2. The number of benzene rings is 3. The molecule has 12 heteroatoms. The second-order valence-corrected chi connectivity index (χ2v) is 13.7. The van der Waals surface area contributed by atoms with E-state index in [-0.39, 0.29) is 22.4 Å². The molecule has 0 aliphatic rings. The first-order chi connectivity index (χ1) is 18.6. The Bertz CT molecular complexity index is 1390. The average molecular weight is 821 g/mol. The van der Waals surface area contributed by atoms with Gasteiger partial charge in [-0.1, -0.05) is 54.6 Å². The van der Waals surface area contributed by atoms with Crippen LogP contribution in [0.5, 0.6) is 0 Å². The second kappa shape index (κ2) is 14.6. The number of hydrogen-bond acceptors (Lipinski definition) is 3. The monoisotopic (exact) mass is 817 g/mol. The van der Waals surface area contributed by atoms with E-state index in [1.165, 1.54) is 15.9 Å². The zero-order chi connectivity index (χ0) is 26.3. The van der Waals surface area contributed by atoms with Crippen molar-refractivity contribution in [3.8, 4) is 0 Å². The zero-order valence-electron chi connectivity index (χ0n) is 20.5. The molecule has 39 heavy (non-hydrogen) atoms. The van der Waals surface area contributed by atoms with E-state index < -0.39 is 15.0 Å². The predicted molar refractivity (Wildman–Crippen MR) is 170 cm³/mol. The molecule has 0 aliphatic heterocycles. The molecule has 6 nitrogen and oxygen atoms in total. The van der Waals surface area contributed by atoms with Gasteiger partial charge in [-0.2, -0.15) is 0 Å². The number of nitrogens with zero attached hydrogens (tertiary/aromatic N) is 6. The van der Waals surface area contributed by atoms with Crippen molar-refractivity contribution >= 4 is 78.7 Å². The quantitative estimate of drug-likeness (QED) is 0.167. The first kappa shape index (κ1) is 29.9. The molecule has 0 N–H and O–H groups in total. The van der Waals surface area contributed by atoms with Gasteiger partial charge in [-0.3, -0.25) is 0 Å². The van der Waals surface area contributed by atoms with Gasteiger partial charge in [-0.25, -0.2) is 15.3 Å². The Morgan fingerprint density at radius 3 is 1.00 bits per heavy atom. The summed E-state index contributed by atoms with van der Waals surface area (Å²) in [6, 6.07) is 32.5. The molecule has 0 bridgehead atoms. The molecule has 0 aliphatic carbocycles. The third-order valence-electron chi connectivity index (χ3n) is 5.86. The maximum Gasteiger partial charge on any atom is 1.00 e. The van der Waals surface area contributed by atoms with Crippen molar-refractivity contribution in [1.82, 2.24) is 29.1 Å². The molecule has 6 aromatic rings. The second-order valence-electron chi connectivity index (χ2n) is 8.49. The predicted octanol–water partition coefficient (Wildman–Crippen LogP) is 5.40. The molecule has 200 valence electrons. The Balaban J connectivity index is 0.000000176. The van der Waals surface area contributed by atoms with Crippen molar-refractivity contribution in [2.75, 3.05) is 0 Å². The van der Waals surface area contributed by atoms with Gasteiger partial charge >= 0.3 is 29.5 Å². The molecule has 0 saturated carbocycles. The van der Waals surface area contributed by atoms with Crippen molar-refractivity contribution in [1.29, 1.82) is 0 Å². The molecule has 0 spiro atoms. The van der Waals surface area contributed by atoms with Gasteiger partial charge in [0.1, 0.15) is 15.9 Å². The molecule has 6 rings (SSSR count). The molecule has 0 radical (unpaired) electrons. The summed E-state index contributed by atoms with van der Waals surface area (Å²) in [5.41, 5.74) is 0. The van der Waals surface area contributed by atoms with E-state index in [1.54, 1.807) is 18.6 Å². The smallest absolute Gasteiger partial charge is 0.402 e. The molecule has 3 heterocycles. The maximum absolute atomic E-state index is 4.34. The van der Waals surface area contributed by atoms with Crippen LogP contribution in [0.1, 0.15) is 0 Å². The van der Waals surface area contributed by atoms with Gasteiger partial charge in [0.2, 0.25) is 0 Å². The van der Waals surface area contributed by atoms with Crippen LogP contribution in [0.15, 0.2) is 142 Å². The van der Waals surface area contributed by atoms with Crippen molar-refractivity contribution in [3.05, 3.63) is 142 Å². The van der Waals surface area contributed by atoms with Crippen LogP contribution in [-0.4, -0.2) is 36.2 Å². The summed E-state index contributed by atoms with van der Waals surface area (Å²) >= 11 is 10.2. The maximum atomic E-state index is 4.34. The van der Waals surface area contributed by atoms with Gasteiger partial charge in [0.15, 0.2) is 0 Å². The summed E-state index contributed by atoms with van der Waals surface area (Å²) in [6.07, 6.45) is 11.0. The van der Waals surface area contributed by atoms with Crippen LogP contribution in [0.25, 0.3) is 0 Å². The minimum atomic E-state index is -1.27. The van der Waals surface area contributed by atoms with Gasteiger partial charge in [0, 0.05) is 0 Å². The molecule has 3 aromatic carbocycles. The summed E-state index contributed by atoms with van der Waals surface area (Å²) < 4.78 is 8.31. The topological polar surface area (TPSA) is 53.5 Å². The van der Waals surface area contributed by atoms with E-state index in [0.29, 0.717) is 0 Å². The van der Waals surface area contributed by atoms with E-state index in [0.717, 1.165) is 13.4 Å². The first-order valence-electron chi connectivity index (χ1n) is 11.9. The fourth-order valence-electron chi connectivity index (χ4n) is 4.24. The third-order valence-corrected chi connectivity index (χ3v) is 9.82. The van der Waals surface area contributed by atoms with Crippen molar-refractivity contribution in [2.24, 2.45) is 0 Å². The molecule has 0 saturated heterocycles. The van der Waals surface area contributed by atoms with E-state index in [9.17, 15) is 0 Å². The molecule has 0 fully saturated rings.